The highest BCUT2D eigenvalue weighted by Gasteiger charge is 2.29. The van der Waals surface area contributed by atoms with Gasteiger partial charge in [-0.1, -0.05) is 48.0 Å². The summed E-state index contributed by atoms with van der Waals surface area (Å²) in [7, 11) is -3.64. The van der Waals surface area contributed by atoms with Crippen LogP contribution in [0.2, 0.25) is 0 Å². The molecule has 1 aliphatic heterocycles. The number of hydrogen-bond donors (Lipinski definition) is 1. The van der Waals surface area contributed by atoms with Gasteiger partial charge in [-0.25, -0.2) is 17.8 Å². The van der Waals surface area contributed by atoms with E-state index >= 15 is 0 Å². The Labute approximate surface area is 185 Å². The van der Waals surface area contributed by atoms with Crippen LogP contribution in [0.5, 0.6) is 0 Å². The zero-order chi connectivity index (χ0) is 22.0. The van der Waals surface area contributed by atoms with E-state index in [1.165, 1.54) is 5.56 Å². The van der Waals surface area contributed by atoms with Crippen LogP contribution in [-0.2, 0) is 16.6 Å². The summed E-state index contributed by atoms with van der Waals surface area (Å²) in [6.07, 6.45) is 1.60. The number of hydrogen-bond acceptors (Lipinski definition) is 4. The summed E-state index contributed by atoms with van der Waals surface area (Å²) in [4.78, 5) is 2.67. The summed E-state index contributed by atoms with van der Waals surface area (Å²) in [6, 6.07) is 18.3. The number of aryl methyl sites for hydroxylation is 2. The van der Waals surface area contributed by atoms with E-state index in [9.17, 15) is 8.42 Å². The van der Waals surface area contributed by atoms with Crippen molar-refractivity contribution >= 4 is 10.0 Å². The van der Waals surface area contributed by atoms with Gasteiger partial charge in [0.15, 0.2) is 0 Å². The average molecular weight is 439 g/mol. The molecule has 0 saturated carbocycles. The van der Waals surface area contributed by atoms with Crippen LogP contribution in [0.3, 0.4) is 0 Å². The third-order valence-electron chi connectivity index (χ3n) is 5.93. The van der Waals surface area contributed by atoms with Crippen LogP contribution >= 0.6 is 0 Å². The molecule has 1 saturated heterocycles. The SMILES string of the molecule is Cc1ccc(-n2nc(C)c(S(=O)(=O)NC3CCN(Cc4ccccc4)CC3)c2C)cc1. The van der Waals surface area contributed by atoms with Crippen LogP contribution in [0.15, 0.2) is 59.5 Å². The van der Waals surface area contributed by atoms with Crippen molar-refractivity contribution in [2.75, 3.05) is 13.1 Å². The third-order valence-corrected chi connectivity index (χ3v) is 7.70. The van der Waals surface area contributed by atoms with Crippen LogP contribution in [-0.4, -0.2) is 42.2 Å². The molecule has 164 valence electrons. The molecule has 1 fully saturated rings. The van der Waals surface area contributed by atoms with Crippen molar-refractivity contribution in [2.45, 2.75) is 51.1 Å². The van der Waals surface area contributed by atoms with Gasteiger partial charge in [-0.05, 0) is 51.3 Å². The molecule has 2 heterocycles. The van der Waals surface area contributed by atoms with Gasteiger partial charge < -0.3 is 0 Å². The summed E-state index contributed by atoms with van der Waals surface area (Å²) in [5, 5.41) is 4.52. The van der Waals surface area contributed by atoms with Crippen LogP contribution in [0.25, 0.3) is 5.69 Å². The van der Waals surface area contributed by atoms with Crippen LogP contribution in [0, 0.1) is 20.8 Å². The van der Waals surface area contributed by atoms with E-state index in [1.54, 1.807) is 11.6 Å². The third kappa shape index (κ3) is 4.89. The van der Waals surface area contributed by atoms with Crippen LogP contribution in [0.1, 0.15) is 35.4 Å². The van der Waals surface area contributed by atoms with Crippen molar-refractivity contribution in [3.05, 3.63) is 77.1 Å². The molecule has 0 spiro atoms. The highest BCUT2D eigenvalue weighted by molar-refractivity contribution is 7.89. The molecular formula is C24H30N4O2S. The molecule has 1 aromatic heterocycles. The maximum atomic E-state index is 13.2. The van der Waals surface area contributed by atoms with Gasteiger partial charge in [0.25, 0.3) is 0 Å². The lowest BCUT2D eigenvalue weighted by Gasteiger charge is -2.32. The van der Waals surface area contributed by atoms with E-state index in [0.717, 1.165) is 43.7 Å². The Bertz CT molecular complexity index is 1130. The van der Waals surface area contributed by atoms with E-state index in [1.807, 2.05) is 44.2 Å². The van der Waals surface area contributed by atoms with Crippen molar-refractivity contribution < 1.29 is 8.42 Å². The van der Waals surface area contributed by atoms with Crippen LogP contribution in [0.4, 0.5) is 0 Å². The summed E-state index contributed by atoms with van der Waals surface area (Å²) >= 11 is 0. The number of sulfonamides is 1. The summed E-state index contributed by atoms with van der Waals surface area (Å²) in [6.45, 7) is 8.26. The van der Waals surface area contributed by atoms with E-state index in [-0.39, 0.29) is 6.04 Å². The van der Waals surface area contributed by atoms with Crippen molar-refractivity contribution in [3.8, 4) is 5.69 Å². The van der Waals surface area contributed by atoms with Crippen molar-refractivity contribution in [1.29, 1.82) is 0 Å². The van der Waals surface area contributed by atoms with Crippen molar-refractivity contribution in [3.63, 3.8) is 0 Å². The lowest BCUT2D eigenvalue weighted by molar-refractivity contribution is 0.200. The van der Waals surface area contributed by atoms with E-state index in [0.29, 0.717) is 16.3 Å². The Morgan fingerprint density at radius 3 is 2.26 bits per heavy atom. The number of likely N-dealkylation sites (tertiary alicyclic amines) is 1. The van der Waals surface area contributed by atoms with Crippen molar-refractivity contribution in [1.82, 2.24) is 19.4 Å². The molecule has 7 heteroatoms. The molecule has 0 amide bonds. The van der Waals surface area contributed by atoms with Gasteiger partial charge in [0.2, 0.25) is 10.0 Å². The Morgan fingerprint density at radius 2 is 1.61 bits per heavy atom. The van der Waals surface area contributed by atoms with Gasteiger partial charge in [-0.15, -0.1) is 0 Å². The van der Waals surface area contributed by atoms with Gasteiger partial charge in [-0.2, -0.15) is 5.10 Å². The molecule has 0 atom stereocenters. The molecular weight excluding hydrogens is 408 g/mol. The smallest absolute Gasteiger partial charge is 0.244 e. The first-order valence-electron chi connectivity index (χ1n) is 10.8. The number of nitrogens with one attached hydrogen (secondary N) is 1. The number of rotatable bonds is 6. The molecule has 0 unspecified atom stereocenters. The van der Waals surface area contributed by atoms with Gasteiger partial charge >= 0.3 is 0 Å². The number of aromatic nitrogens is 2. The number of nitrogens with zero attached hydrogens (tertiary/aromatic N) is 3. The molecule has 31 heavy (non-hydrogen) atoms. The molecule has 3 aromatic rings. The average Bonchev–Trinajstić information content (AvgIpc) is 3.05. The molecule has 1 aliphatic rings. The topological polar surface area (TPSA) is 67.2 Å². The highest BCUT2D eigenvalue weighted by atomic mass is 32.2. The first-order chi connectivity index (χ1) is 14.8. The maximum absolute atomic E-state index is 13.2. The Kier molecular flexibility index (Phi) is 6.27. The summed E-state index contributed by atoms with van der Waals surface area (Å²) < 4.78 is 31.1. The quantitative estimate of drug-likeness (QED) is 0.637. The molecule has 6 nitrogen and oxygen atoms in total. The highest BCUT2D eigenvalue weighted by Crippen LogP contribution is 2.24. The predicted octanol–water partition coefficient (Wildman–Crippen LogP) is 3.74. The molecule has 0 bridgehead atoms. The predicted molar refractivity (Wildman–Crippen MR) is 123 cm³/mol. The minimum Gasteiger partial charge on any atom is -0.299 e. The van der Waals surface area contributed by atoms with Crippen molar-refractivity contribution in [2.24, 2.45) is 0 Å². The molecule has 0 radical (unpaired) electrons. The second-order valence-corrected chi connectivity index (χ2v) is 10.1. The molecule has 1 N–H and O–H groups in total. The normalized spacial score (nSPS) is 16.0. The largest absolute Gasteiger partial charge is 0.299 e. The second kappa shape index (κ2) is 8.94. The summed E-state index contributed by atoms with van der Waals surface area (Å²) in [5.74, 6) is 0. The van der Waals surface area contributed by atoms with E-state index in [2.05, 4.69) is 39.0 Å². The first kappa shape index (κ1) is 21.7. The maximum Gasteiger partial charge on any atom is 0.244 e. The molecule has 0 aliphatic carbocycles. The standard InChI is InChI=1S/C24H30N4O2S/c1-18-9-11-23(12-10-18)28-20(3)24(19(2)25-28)31(29,30)26-22-13-15-27(16-14-22)17-21-7-5-4-6-8-21/h4-12,22,26H,13-17H2,1-3H3. The Balaban J connectivity index is 1.44. The number of piperidine rings is 1. The minimum atomic E-state index is -3.64. The fourth-order valence-corrected chi connectivity index (χ4v) is 5.98. The van der Waals surface area contributed by atoms with Crippen LogP contribution < -0.4 is 4.72 Å². The Hall–Kier alpha value is -2.48. The van der Waals surface area contributed by atoms with Gasteiger partial charge in [0, 0.05) is 25.7 Å². The first-order valence-corrected chi connectivity index (χ1v) is 12.2. The van der Waals surface area contributed by atoms with Gasteiger partial charge in [-0.3, -0.25) is 4.90 Å². The van der Waals surface area contributed by atoms with E-state index < -0.39 is 10.0 Å². The lowest BCUT2D eigenvalue weighted by atomic mass is 10.1. The van der Waals surface area contributed by atoms with Gasteiger partial charge in [0.1, 0.15) is 4.90 Å². The Morgan fingerprint density at radius 1 is 0.968 bits per heavy atom. The lowest BCUT2D eigenvalue weighted by Crippen LogP contribution is -2.44. The van der Waals surface area contributed by atoms with Gasteiger partial charge in [0.05, 0.1) is 17.1 Å². The summed E-state index contributed by atoms with van der Waals surface area (Å²) in [5.41, 5.74) is 4.46. The van der Waals surface area contributed by atoms with E-state index in [4.69, 9.17) is 0 Å². The molecule has 4 rings (SSSR count). The zero-order valence-corrected chi connectivity index (χ0v) is 19.2. The molecule has 2 aromatic carbocycles. The zero-order valence-electron chi connectivity index (χ0n) is 18.4. The minimum absolute atomic E-state index is 0.0569. The fraction of sp³-hybridized carbons (Fsp3) is 0.375. The second-order valence-electron chi connectivity index (χ2n) is 8.40. The number of benzene rings is 2. The fourth-order valence-electron chi connectivity index (χ4n) is 4.28. The monoisotopic (exact) mass is 438 g/mol.